The summed E-state index contributed by atoms with van der Waals surface area (Å²) in [6, 6.07) is 0. The second-order valence-electron chi connectivity index (χ2n) is 6.22. The largest absolute Gasteiger partial charge is 0.479 e. The quantitative estimate of drug-likeness (QED) is 0.824. The number of carboxylic acids is 1. The normalized spacial score (nSPS) is 18.4. The monoisotopic (exact) mass is 286 g/mol. The van der Waals surface area contributed by atoms with Crippen LogP contribution in [-0.2, 0) is 9.53 Å². The Morgan fingerprint density at radius 3 is 2.25 bits per heavy atom. The minimum absolute atomic E-state index is 0.390. The summed E-state index contributed by atoms with van der Waals surface area (Å²) in [7, 11) is 0. The Morgan fingerprint density at radius 2 is 1.85 bits per heavy atom. The molecule has 0 radical (unpaired) electrons. The third-order valence-corrected chi connectivity index (χ3v) is 3.41. The molecule has 2 N–H and O–H groups in total. The molecule has 1 rings (SSSR count). The molecular formula is C14H26N2O4. The molecule has 0 spiro atoms. The fourth-order valence-corrected chi connectivity index (χ4v) is 2.46. The fourth-order valence-electron chi connectivity index (χ4n) is 2.46. The van der Waals surface area contributed by atoms with E-state index < -0.39 is 23.2 Å². The van der Waals surface area contributed by atoms with Crippen LogP contribution >= 0.6 is 0 Å². The molecule has 6 heteroatoms. The number of carbonyl (C=O) groups excluding carboxylic acids is 1. The van der Waals surface area contributed by atoms with E-state index in [1.54, 1.807) is 20.8 Å². The smallest absolute Gasteiger partial charge is 0.411 e. The lowest BCUT2D eigenvalue weighted by atomic mass is 9.86. The lowest BCUT2D eigenvalue weighted by Crippen LogP contribution is -2.62. The predicted octanol–water partition coefficient (Wildman–Crippen LogP) is 1.84. The molecule has 0 aromatic carbocycles. The van der Waals surface area contributed by atoms with Gasteiger partial charge in [0.25, 0.3) is 0 Å². The van der Waals surface area contributed by atoms with Gasteiger partial charge in [0.05, 0.1) is 0 Å². The molecule has 1 heterocycles. The predicted molar refractivity (Wildman–Crippen MR) is 75.7 cm³/mol. The second kappa shape index (κ2) is 6.43. The average molecular weight is 286 g/mol. The third kappa shape index (κ3) is 3.85. The number of hydrogen-bond acceptors (Lipinski definition) is 4. The average Bonchev–Trinajstić information content (AvgIpc) is 2.34. The van der Waals surface area contributed by atoms with E-state index in [9.17, 15) is 14.7 Å². The highest BCUT2D eigenvalue weighted by Gasteiger charge is 2.48. The van der Waals surface area contributed by atoms with Gasteiger partial charge in [0.15, 0.2) is 0 Å². The number of nitrogens with one attached hydrogen (secondary N) is 1. The number of aliphatic carboxylic acids is 1. The molecule has 0 saturated carbocycles. The van der Waals surface area contributed by atoms with Gasteiger partial charge in [-0.05, 0) is 53.1 Å². The maximum Gasteiger partial charge on any atom is 0.411 e. The van der Waals surface area contributed by atoms with Gasteiger partial charge in [0.2, 0.25) is 0 Å². The van der Waals surface area contributed by atoms with Crippen molar-refractivity contribution in [2.75, 3.05) is 19.6 Å². The first-order valence-electron chi connectivity index (χ1n) is 7.17. The van der Waals surface area contributed by atoms with Crippen molar-refractivity contribution in [3.05, 3.63) is 0 Å². The van der Waals surface area contributed by atoms with E-state index >= 15 is 0 Å². The number of hydrogen-bond donors (Lipinski definition) is 2. The Morgan fingerprint density at radius 1 is 1.30 bits per heavy atom. The SMILES string of the molecule is CCCN(C(=O)OC(C)(C)C)C1(C(=O)O)CCNCC1. The van der Waals surface area contributed by atoms with Crippen LogP contribution in [0.4, 0.5) is 4.79 Å². The number of ether oxygens (including phenoxy) is 1. The van der Waals surface area contributed by atoms with Gasteiger partial charge in [-0.1, -0.05) is 6.92 Å². The molecule has 1 aliphatic rings. The van der Waals surface area contributed by atoms with Gasteiger partial charge in [-0.3, -0.25) is 4.90 Å². The summed E-state index contributed by atoms with van der Waals surface area (Å²) in [5.41, 5.74) is -1.78. The molecule has 116 valence electrons. The van der Waals surface area contributed by atoms with Crippen LogP contribution in [0.1, 0.15) is 47.0 Å². The van der Waals surface area contributed by atoms with Crippen LogP contribution in [0, 0.1) is 0 Å². The van der Waals surface area contributed by atoms with Crippen molar-refractivity contribution in [1.29, 1.82) is 0 Å². The summed E-state index contributed by atoms with van der Waals surface area (Å²) in [6.07, 6.45) is 0.967. The number of piperidine rings is 1. The first-order chi connectivity index (χ1) is 9.23. The van der Waals surface area contributed by atoms with E-state index in [1.165, 1.54) is 4.90 Å². The van der Waals surface area contributed by atoms with E-state index in [2.05, 4.69) is 5.32 Å². The van der Waals surface area contributed by atoms with Crippen molar-refractivity contribution < 1.29 is 19.4 Å². The zero-order valence-electron chi connectivity index (χ0n) is 12.9. The molecule has 0 aromatic rings. The summed E-state index contributed by atoms with van der Waals surface area (Å²) < 4.78 is 5.38. The Kier molecular flexibility index (Phi) is 5.39. The number of nitrogens with zero attached hydrogens (tertiary/aromatic N) is 1. The zero-order valence-corrected chi connectivity index (χ0v) is 12.9. The molecule has 0 unspecified atom stereocenters. The second-order valence-corrected chi connectivity index (χ2v) is 6.22. The summed E-state index contributed by atoms with van der Waals surface area (Å²) in [5.74, 6) is -0.946. The highest BCUT2D eigenvalue weighted by Crippen LogP contribution is 2.29. The van der Waals surface area contributed by atoms with Crippen LogP contribution in [0.5, 0.6) is 0 Å². The summed E-state index contributed by atoms with van der Waals surface area (Å²) in [4.78, 5) is 25.6. The van der Waals surface area contributed by atoms with E-state index in [1.807, 2.05) is 6.92 Å². The van der Waals surface area contributed by atoms with Crippen LogP contribution in [0.3, 0.4) is 0 Å². The van der Waals surface area contributed by atoms with Crippen LogP contribution in [0.2, 0.25) is 0 Å². The van der Waals surface area contributed by atoms with Crippen molar-refractivity contribution >= 4 is 12.1 Å². The first-order valence-corrected chi connectivity index (χ1v) is 7.17. The highest BCUT2D eigenvalue weighted by molar-refractivity contribution is 5.84. The Bertz CT molecular complexity index is 357. The zero-order chi connectivity index (χ0) is 15.4. The van der Waals surface area contributed by atoms with Crippen LogP contribution in [0.15, 0.2) is 0 Å². The van der Waals surface area contributed by atoms with Crippen LogP contribution in [0.25, 0.3) is 0 Å². The standard InChI is InChI=1S/C14H26N2O4/c1-5-10-16(12(19)20-13(2,3)4)14(11(17)18)6-8-15-9-7-14/h15H,5-10H2,1-4H3,(H,17,18). The van der Waals surface area contributed by atoms with E-state index in [-0.39, 0.29) is 0 Å². The summed E-state index contributed by atoms with van der Waals surface area (Å²) >= 11 is 0. The Balaban J connectivity index is 3.02. The molecule has 0 bridgehead atoms. The highest BCUT2D eigenvalue weighted by atomic mass is 16.6. The lowest BCUT2D eigenvalue weighted by Gasteiger charge is -2.43. The van der Waals surface area contributed by atoms with Crippen molar-refractivity contribution in [3.8, 4) is 0 Å². The summed E-state index contributed by atoms with van der Waals surface area (Å²) in [5, 5.41) is 12.8. The molecule has 6 nitrogen and oxygen atoms in total. The van der Waals surface area contributed by atoms with E-state index in [0.717, 1.165) is 0 Å². The fraction of sp³-hybridized carbons (Fsp3) is 0.857. The molecule has 1 saturated heterocycles. The van der Waals surface area contributed by atoms with Gasteiger partial charge in [-0.2, -0.15) is 0 Å². The van der Waals surface area contributed by atoms with Crippen molar-refractivity contribution in [1.82, 2.24) is 10.2 Å². The number of carbonyl (C=O) groups is 2. The van der Waals surface area contributed by atoms with Gasteiger partial charge in [-0.25, -0.2) is 9.59 Å². The van der Waals surface area contributed by atoms with Gasteiger partial charge in [-0.15, -0.1) is 0 Å². The first kappa shape index (κ1) is 16.8. The van der Waals surface area contributed by atoms with Crippen molar-refractivity contribution in [2.45, 2.75) is 58.1 Å². The Hall–Kier alpha value is -1.30. The number of amides is 1. The molecule has 1 aliphatic heterocycles. The molecule has 20 heavy (non-hydrogen) atoms. The molecule has 0 atom stereocenters. The maximum absolute atomic E-state index is 12.4. The molecule has 0 aromatic heterocycles. The Labute approximate surface area is 120 Å². The van der Waals surface area contributed by atoms with Gasteiger partial charge in [0, 0.05) is 6.54 Å². The molecule has 0 aliphatic carbocycles. The third-order valence-electron chi connectivity index (χ3n) is 3.41. The van der Waals surface area contributed by atoms with E-state index in [0.29, 0.717) is 38.9 Å². The van der Waals surface area contributed by atoms with Crippen LogP contribution < -0.4 is 5.32 Å². The lowest BCUT2D eigenvalue weighted by molar-refractivity contribution is -0.153. The van der Waals surface area contributed by atoms with Crippen molar-refractivity contribution in [2.24, 2.45) is 0 Å². The molecular weight excluding hydrogens is 260 g/mol. The number of carboxylic acid groups (broad SMARTS) is 1. The molecule has 1 fully saturated rings. The topological polar surface area (TPSA) is 78.9 Å². The summed E-state index contributed by atoms with van der Waals surface area (Å²) in [6.45, 7) is 8.85. The molecule has 1 amide bonds. The van der Waals surface area contributed by atoms with Crippen molar-refractivity contribution in [3.63, 3.8) is 0 Å². The minimum Gasteiger partial charge on any atom is -0.479 e. The van der Waals surface area contributed by atoms with Crippen LogP contribution in [-0.4, -0.2) is 52.8 Å². The van der Waals surface area contributed by atoms with Gasteiger partial charge in [0.1, 0.15) is 11.1 Å². The van der Waals surface area contributed by atoms with Gasteiger partial charge >= 0.3 is 12.1 Å². The van der Waals surface area contributed by atoms with E-state index in [4.69, 9.17) is 4.74 Å². The van der Waals surface area contributed by atoms with Gasteiger partial charge < -0.3 is 15.2 Å². The number of rotatable bonds is 4. The maximum atomic E-state index is 12.4. The minimum atomic E-state index is -1.15.